The molecule has 0 bridgehead atoms. The van der Waals surface area contributed by atoms with Crippen LogP contribution in [0.25, 0.3) is 0 Å². The lowest BCUT2D eigenvalue weighted by molar-refractivity contribution is -0.126. The molecule has 0 spiro atoms. The van der Waals surface area contributed by atoms with Crippen LogP contribution >= 0.6 is 0 Å². The summed E-state index contributed by atoms with van der Waals surface area (Å²) in [6.45, 7) is 0.363. The molecular weight excluding hydrogens is 242 g/mol. The number of aldehydes is 1. The highest BCUT2D eigenvalue weighted by Crippen LogP contribution is 2.49. The number of hydrogen-bond donors (Lipinski definition) is 3. The Morgan fingerprint density at radius 2 is 2.32 bits per heavy atom. The number of rotatable bonds is 6. The molecule has 1 saturated carbocycles. The maximum atomic E-state index is 11.9. The van der Waals surface area contributed by atoms with Crippen molar-refractivity contribution in [2.75, 3.05) is 6.54 Å². The lowest BCUT2D eigenvalue weighted by Crippen LogP contribution is -2.49. The number of allylic oxidation sites excluding steroid dienone is 4. The number of nitrogens with two attached hydrogens (primary N) is 2. The number of carbonyl (C=O) groups excluding carboxylic acids is 2. The first-order valence-electron chi connectivity index (χ1n) is 6.70. The van der Waals surface area contributed by atoms with Crippen LogP contribution in [-0.2, 0) is 9.59 Å². The third kappa shape index (κ3) is 2.93. The standard InChI is InChI=1S/C14H21N3O2/c15-7-6-12(16)13(19)17-14(9-18)8-11(14)10-4-2-1-3-5-10/h1-4,9-12H,5-8,15-16H2,(H,17,19)/t10?,11-,12-,14?/m0/s1. The lowest BCUT2D eigenvalue weighted by Gasteiger charge is -2.20. The van der Waals surface area contributed by atoms with Crippen molar-refractivity contribution in [1.82, 2.24) is 5.32 Å². The Labute approximate surface area is 113 Å². The minimum atomic E-state index is -0.719. The number of amides is 1. The van der Waals surface area contributed by atoms with E-state index in [9.17, 15) is 9.59 Å². The summed E-state index contributed by atoms with van der Waals surface area (Å²) >= 11 is 0. The van der Waals surface area contributed by atoms with E-state index in [0.717, 1.165) is 12.7 Å². The topological polar surface area (TPSA) is 98.2 Å². The van der Waals surface area contributed by atoms with Crippen molar-refractivity contribution in [2.45, 2.75) is 30.8 Å². The molecule has 0 heterocycles. The molecule has 2 rings (SSSR count). The quantitative estimate of drug-likeness (QED) is 0.581. The highest BCUT2D eigenvalue weighted by atomic mass is 16.2. The predicted molar refractivity (Wildman–Crippen MR) is 73.1 cm³/mol. The molecule has 0 aliphatic heterocycles. The van der Waals surface area contributed by atoms with Crippen LogP contribution in [-0.4, -0.2) is 30.3 Å². The van der Waals surface area contributed by atoms with Gasteiger partial charge in [0, 0.05) is 0 Å². The van der Waals surface area contributed by atoms with Gasteiger partial charge in [0.2, 0.25) is 5.91 Å². The monoisotopic (exact) mass is 263 g/mol. The molecule has 0 saturated heterocycles. The zero-order valence-electron chi connectivity index (χ0n) is 10.9. The summed E-state index contributed by atoms with van der Waals surface area (Å²) in [5.74, 6) is 0.219. The van der Waals surface area contributed by atoms with E-state index in [2.05, 4.69) is 17.5 Å². The molecular formula is C14H21N3O2. The zero-order valence-corrected chi connectivity index (χ0v) is 10.9. The van der Waals surface area contributed by atoms with Crippen LogP contribution in [0.2, 0.25) is 0 Å². The largest absolute Gasteiger partial charge is 0.342 e. The summed E-state index contributed by atoms with van der Waals surface area (Å²) in [6.07, 6.45) is 11.1. The normalized spacial score (nSPS) is 33.8. The van der Waals surface area contributed by atoms with Crippen LogP contribution in [0.3, 0.4) is 0 Å². The minimum Gasteiger partial charge on any atom is -0.342 e. The fourth-order valence-electron chi connectivity index (χ4n) is 2.68. The van der Waals surface area contributed by atoms with Crippen LogP contribution in [0.15, 0.2) is 24.3 Å². The maximum Gasteiger partial charge on any atom is 0.237 e. The van der Waals surface area contributed by atoms with Crippen molar-refractivity contribution in [3.8, 4) is 0 Å². The van der Waals surface area contributed by atoms with E-state index in [-0.39, 0.29) is 11.8 Å². The Hall–Kier alpha value is -1.46. The van der Waals surface area contributed by atoms with Gasteiger partial charge in [-0.25, -0.2) is 0 Å². The molecule has 104 valence electrons. The zero-order chi connectivity index (χ0) is 13.9. The van der Waals surface area contributed by atoms with E-state index in [4.69, 9.17) is 11.5 Å². The van der Waals surface area contributed by atoms with Gasteiger partial charge >= 0.3 is 0 Å². The molecule has 19 heavy (non-hydrogen) atoms. The van der Waals surface area contributed by atoms with Crippen molar-refractivity contribution in [3.05, 3.63) is 24.3 Å². The van der Waals surface area contributed by atoms with Crippen LogP contribution in [0.5, 0.6) is 0 Å². The molecule has 2 aliphatic carbocycles. The van der Waals surface area contributed by atoms with Gasteiger partial charge in [0.25, 0.3) is 0 Å². The Balaban J connectivity index is 1.94. The van der Waals surface area contributed by atoms with Crippen LogP contribution in [0.1, 0.15) is 19.3 Å². The SMILES string of the molecule is NCC[C@H](N)C(=O)NC1(C=O)C[C@H]1C1C=CC=CC1. The predicted octanol–water partition coefficient (Wildman–Crippen LogP) is -0.131. The number of nitrogens with one attached hydrogen (secondary N) is 1. The molecule has 5 N–H and O–H groups in total. The summed E-state index contributed by atoms with van der Waals surface area (Å²) in [6, 6.07) is -0.634. The smallest absolute Gasteiger partial charge is 0.237 e. The Morgan fingerprint density at radius 1 is 1.53 bits per heavy atom. The summed E-state index contributed by atoms with van der Waals surface area (Å²) in [4.78, 5) is 23.2. The van der Waals surface area contributed by atoms with E-state index in [1.807, 2.05) is 12.2 Å². The Kier molecular flexibility index (Phi) is 4.17. The fourth-order valence-corrected chi connectivity index (χ4v) is 2.68. The summed E-state index contributed by atoms with van der Waals surface area (Å²) in [7, 11) is 0. The van der Waals surface area contributed by atoms with Crippen LogP contribution in [0.4, 0.5) is 0 Å². The van der Waals surface area contributed by atoms with Gasteiger partial charge in [-0.2, -0.15) is 0 Å². The van der Waals surface area contributed by atoms with E-state index >= 15 is 0 Å². The lowest BCUT2D eigenvalue weighted by atomic mass is 9.93. The van der Waals surface area contributed by atoms with Gasteiger partial charge in [0.1, 0.15) is 6.29 Å². The molecule has 0 aromatic heterocycles. The summed E-state index contributed by atoms with van der Waals surface area (Å²) < 4.78 is 0. The van der Waals surface area contributed by atoms with Crippen molar-refractivity contribution >= 4 is 12.2 Å². The first kappa shape index (κ1) is 14.0. The molecule has 1 amide bonds. The first-order chi connectivity index (χ1) is 9.13. The second-order valence-corrected chi connectivity index (χ2v) is 5.35. The fraction of sp³-hybridized carbons (Fsp3) is 0.571. The molecule has 5 heteroatoms. The highest BCUT2D eigenvalue weighted by Gasteiger charge is 2.58. The molecule has 2 unspecified atom stereocenters. The van der Waals surface area contributed by atoms with E-state index < -0.39 is 11.6 Å². The molecule has 1 fully saturated rings. The minimum absolute atomic E-state index is 0.181. The maximum absolute atomic E-state index is 11.9. The number of hydrogen-bond acceptors (Lipinski definition) is 4. The molecule has 4 atom stereocenters. The molecule has 2 aliphatic rings. The molecule has 0 aromatic rings. The van der Waals surface area contributed by atoms with Crippen molar-refractivity contribution in [3.63, 3.8) is 0 Å². The highest BCUT2D eigenvalue weighted by molar-refractivity contribution is 5.87. The van der Waals surface area contributed by atoms with Crippen molar-refractivity contribution in [2.24, 2.45) is 23.3 Å². The van der Waals surface area contributed by atoms with Gasteiger partial charge in [-0.3, -0.25) is 4.79 Å². The first-order valence-corrected chi connectivity index (χ1v) is 6.70. The average molecular weight is 263 g/mol. The van der Waals surface area contributed by atoms with Gasteiger partial charge in [-0.05, 0) is 37.6 Å². The van der Waals surface area contributed by atoms with E-state index in [0.29, 0.717) is 25.3 Å². The Bertz CT molecular complexity index is 419. The van der Waals surface area contributed by atoms with Gasteiger partial charge in [-0.15, -0.1) is 0 Å². The third-order valence-corrected chi connectivity index (χ3v) is 3.97. The van der Waals surface area contributed by atoms with Crippen LogP contribution < -0.4 is 16.8 Å². The van der Waals surface area contributed by atoms with Gasteiger partial charge in [0.15, 0.2) is 0 Å². The number of carbonyl (C=O) groups is 2. The van der Waals surface area contributed by atoms with E-state index in [1.54, 1.807) is 0 Å². The second kappa shape index (κ2) is 5.67. The molecule has 0 aromatic carbocycles. The van der Waals surface area contributed by atoms with E-state index in [1.165, 1.54) is 0 Å². The average Bonchev–Trinajstić information content (AvgIpc) is 3.15. The van der Waals surface area contributed by atoms with Gasteiger partial charge < -0.3 is 21.6 Å². The van der Waals surface area contributed by atoms with Crippen molar-refractivity contribution in [1.29, 1.82) is 0 Å². The third-order valence-electron chi connectivity index (χ3n) is 3.97. The second-order valence-electron chi connectivity index (χ2n) is 5.35. The Morgan fingerprint density at radius 3 is 2.89 bits per heavy atom. The summed E-state index contributed by atoms with van der Waals surface area (Å²) in [5.41, 5.74) is 10.4. The van der Waals surface area contributed by atoms with Gasteiger partial charge in [0.05, 0.1) is 11.6 Å². The molecule has 5 nitrogen and oxygen atoms in total. The summed E-state index contributed by atoms with van der Waals surface area (Å²) in [5, 5.41) is 2.80. The molecule has 0 radical (unpaired) electrons. The van der Waals surface area contributed by atoms with Crippen molar-refractivity contribution < 1.29 is 9.59 Å². The van der Waals surface area contributed by atoms with Gasteiger partial charge in [-0.1, -0.05) is 24.3 Å². The van der Waals surface area contributed by atoms with Crippen LogP contribution in [0, 0.1) is 11.8 Å².